The molecule has 0 aliphatic rings. The van der Waals surface area contributed by atoms with Crippen LogP contribution >= 0.6 is 0 Å². The topological polar surface area (TPSA) is 149 Å². The summed E-state index contributed by atoms with van der Waals surface area (Å²) < 4.78 is 638. The van der Waals surface area contributed by atoms with E-state index in [2.05, 4.69) is 0 Å². The van der Waals surface area contributed by atoms with Crippen LogP contribution in [0.2, 0.25) is 0 Å². The first-order chi connectivity index (χ1) is 36.8. The van der Waals surface area contributed by atoms with E-state index in [1.807, 2.05) is 0 Å². The third kappa shape index (κ3) is 13.8. The van der Waals surface area contributed by atoms with Crippen molar-refractivity contribution in [2.24, 2.45) is 0 Å². The Hall–Kier alpha value is -4.88. The summed E-state index contributed by atoms with van der Waals surface area (Å²) in [5.41, 5.74) is 0. The number of rotatable bonds is 20. The molecule has 0 atom stereocenters. The van der Waals surface area contributed by atoms with E-state index in [0.29, 0.717) is 0 Å². The van der Waals surface area contributed by atoms with Crippen LogP contribution in [0.5, 0.6) is 0 Å². The average Bonchev–Trinajstić information content (AvgIpc) is 3.26. The monoisotopic (exact) mass is 1550 g/mol. The van der Waals surface area contributed by atoms with E-state index < -0.39 is 167 Å². The maximum Gasteiger partial charge on any atom is 0.460 e. The third-order valence-corrected chi connectivity index (χ3v) is 8.81. The first-order valence-electron chi connectivity index (χ1n) is 17.5. The summed E-state index contributed by atoms with van der Waals surface area (Å²) in [6.45, 7) is 0. The Balaban J connectivity index is -0.000000351. The second kappa shape index (κ2) is 24.5. The normalized spacial score (nSPS) is 15.7. The maximum absolute atomic E-state index is 12.6. The summed E-state index contributed by atoms with van der Waals surface area (Å²) in [6, 6.07) is 0. The zero-order valence-corrected chi connectivity index (χ0v) is 40.0. The van der Waals surface area contributed by atoms with E-state index in [-0.39, 0.29) is 26.2 Å². The van der Waals surface area contributed by atoms with Crippen LogP contribution in [0, 0.1) is 0 Å². The molecule has 61 heteroatoms. The zero-order valence-electron chi connectivity index (χ0n) is 37.6. The van der Waals surface area contributed by atoms with Crippen molar-refractivity contribution in [1.82, 2.24) is 0 Å². The Morgan fingerprint density at radius 3 is 0.270 bits per heavy atom. The molecular formula is C28H4F52O8Zr. The fraction of sp³-hybridized carbons (Fsp3) is 0.857. The number of hydrogen-bond donors (Lipinski definition) is 4. The number of hydrogen-bond acceptors (Lipinski definition) is 4. The molecule has 4 N–H and O–H groups in total. The molecule has 0 unspecified atom stereocenters. The molecule has 0 spiro atoms. The number of halogens is 52. The number of alkyl halides is 52. The molecule has 0 bridgehead atoms. The molecule has 0 heterocycles. The summed E-state index contributed by atoms with van der Waals surface area (Å²) in [4.78, 5) is 38.7. The molecule has 0 radical (unpaired) electrons. The van der Waals surface area contributed by atoms with Gasteiger partial charge in [-0.1, -0.05) is 0 Å². The van der Waals surface area contributed by atoms with Crippen LogP contribution in [0.4, 0.5) is 228 Å². The number of aliphatic carboxylic acids is 4. The van der Waals surface area contributed by atoms with E-state index in [0.717, 1.165) is 0 Å². The Bertz CT molecular complexity index is 2140. The van der Waals surface area contributed by atoms with Gasteiger partial charge in [-0.3, -0.25) is 0 Å². The molecule has 0 rings (SSSR count). The molecule has 89 heavy (non-hydrogen) atoms. The molecule has 0 amide bonds. The molecule has 532 valence electrons. The smallest absolute Gasteiger partial charge is 0.460 e. The molecule has 0 fully saturated rings. The second-order valence-electron chi connectivity index (χ2n) is 14.7. The van der Waals surface area contributed by atoms with Crippen molar-refractivity contribution in [3.63, 3.8) is 0 Å². The largest absolute Gasteiger partial charge is 0.477 e. The van der Waals surface area contributed by atoms with Gasteiger partial charge in [0, 0.05) is 26.2 Å². The molecule has 0 aliphatic heterocycles. The van der Waals surface area contributed by atoms with Crippen molar-refractivity contribution in [3.05, 3.63) is 0 Å². The molecule has 8 nitrogen and oxygen atoms in total. The van der Waals surface area contributed by atoms with Gasteiger partial charge in [0.25, 0.3) is 0 Å². The van der Waals surface area contributed by atoms with Gasteiger partial charge in [0.2, 0.25) is 0 Å². The summed E-state index contributed by atoms with van der Waals surface area (Å²) >= 11 is 0. The summed E-state index contributed by atoms with van der Waals surface area (Å²) in [5.74, 6) is -172. The summed E-state index contributed by atoms with van der Waals surface area (Å²) in [5, 5.41) is 30.2. The van der Waals surface area contributed by atoms with Gasteiger partial charge < -0.3 is 20.4 Å². The molecule has 0 aromatic heterocycles. The number of carbonyl (C=O) groups is 4. The van der Waals surface area contributed by atoms with Gasteiger partial charge in [0.05, 0.1) is 0 Å². The van der Waals surface area contributed by atoms with Crippen molar-refractivity contribution in [3.8, 4) is 0 Å². The van der Waals surface area contributed by atoms with E-state index in [4.69, 9.17) is 20.4 Å². The Morgan fingerprint density at radius 1 is 0.146 bits per heavy atom. The molecular weight excluding hydrogens is 1540 g/mol. The van der Waals surface area contributed by atoms with Crippen LogP contribution < -0.4 is 0 Å². The number of carboxylic acid groups (broad SMARTS) is 4. The second-order valence-corrected chi connectivity index (χ2v) is 14.7. The maximum atomic E-state index is 12.6. The summed E-state index contributed by atoms with van der Waals surface area (Å²) in [7, 11) is 0. The molecule has 0 aromatic rings. The predicted octanol–water partition coefficient (Wildman–Crippen LogP) is 15.2. The van der Waals surface area contributed by atoms with Gasteiger partial charge in [-0.2, -0.15) is 228 Å². The van der Waals surface area contributed by atoms with Crippen LogP contribution in [-0.2, 0) is 45.4 Å². The van der Waals surface area contributed by atoms with Crippen molar-refractivity contribution in [2.75, 3.05) is 0 Å². The van der Waals surface area contributed by atoms with E-state index >= 15 is 0 Å². The SMILES string of the molecule is O=C(O)C(F)(F)C(F)(F)C(F)(F)C(F)(F)C(F)(F)C(F)(F)F.O=C(O)C(F)(F)C(F)(F)C(F)(F)C(F)(F)C(F)(F)C(F)(F)F.O=C(O)C(F)(F)C(F)(F)C(F)(F)C(F)(F)C(F)(F)C(F)(F)F.O=C(O)C(F)(F)C(F)(F)C(F)(F)C(F)(F)C(F)(F)C(F)(F)F.[Zr]. The van der Waals surface area contributed by atoms with Gasteiger partial charge in [0.1, 0.15) is 0 Å². The third-order valence-electron chi connectivity index (χ3n) is 8.81. The van der Waals surface area contributed by atoms with Crippen molar-refractivity contribution in [1.29, 1.82) is 0 Å². The van der Waals surface area contributed by atoms with Crippen LogP contribution in [0.1, 0.15) is 0 Å². The zero-order chi connectivity index (χ0) is 74.3. The van der Waals surface area contributed by atoms with Gasteiger partial charge in [0.15, 0.2) is 0 Å². The molecule has 0 aromatic carbocycles. The molecule has 0 saturated carbocycles. The van der Waals surface area contributed by atoms with Gasteiger partial charge in [-0.05, 0) is 0 Å². The predicted molar refractivity (Wildman–Crippen MR) is 154 cm³/mol. The fourth-order valence-corrected chi connectivity index (χ4v) is 3.62. The minimum absolute atomic E-state index is 0. The van der Waals surface area contributed by atoms with Crippen molar-refractivity contribution < 1.29 is 294 Å². The molecule has 0 aliphatic carbocycles. The minimum Gasteiger partial charge on any atom is -0.477 e. The first kappa shape index (κ1) is 92.8. The van der Waals surface area contributed by atoms with Crippen molar-refractivity contribution in [2.45, 2.75) is 143 Å². The van der Waals surface area contributed by atoms with Gasteiger partial charge >= 0.3 is 167 Å². The van der Waals surface area contributed by atoms with Gasteiger partial charge in [-0.15, -0.1) is 0 Å². The van der Waals surface area contributed by atoms with E-state index in [1.54, 1.807) is 0 Å². The Labute approximate surface area is 461 Å². The minimum atomic E-state index is -8.08. The van der Waals surface area contributed by atoms with Gasteiger partial charge in [-0.25, -0.2) is 19.2 Å². The van der Waals surface area contributed by atoms with Crippen LogP contribution in [0.25, 0.3) is 0 Å². The van der Waals surface area contributed by atoms with E-state index in [9.17, 15) is 247 Å². The fourth-order valence-electron chi connectivity index (χ4n) is 3.62. The Kier molecular flexibility index (Phi) is 25.6. The summed E-state index contributed by atoms with van der Waals surface area (Å²) in [6.07, 6.45) is -30.1. The Morgan fingerprint density at radius 2 is 0.213 bits per heavy atom. The quantitative estimate of drug-likeness (QED) is 0.0881. The van der Waals surface area contributed by atoms with Crippen LogP contribution in [0.3, 0.4) is 0 Å². The van der Waals surface area contributed by atoms with Crippen LogP contribution in [0.15, 0.2) is 0 Å². The average molecular weight is 1550 g/mol. The first-order valence-corrected chi connectivity index (χ1v) is 17.5. The van der Waals surface area contributed by atoms with E-state index in [1.165, 1.54) is 0 Å². The van der Waals surface area contributed by atoms with Crippen molar-refractivity contribution >= 4 is 23.9 Å². The standard InChI is InChI=1S/4C7HF13O2.Zr/c4*8-2(9,1(21)22)3(10,11)4(12,13)5(14,15)6(16,17)7(18,19)20;/h4*(H,21,22);. The van der Waals surface area contributed by atoms with Crippen LogP contribution in [-0.4, -0.2) is 187 Å². The number of carboxylic acids is 4. The molecule has 0 saturated heterocycles.